The number of hydrogen-bond acceptors (Lipinski definition) is 13. The van der Waals surface area contributed by atoms with E-state index in [1.165, 1.54) is 0 Å². The van der Waals surface area contributed by atoms with E-state index in [1.54, 1.807) is 13.8 Å². The van der Waals surface area contributed by atoms with E-state index in [2.05, 4.69) is 26.6 Å². The molecule has 0 heterocycles. The van der Waals surface area contributed by atoms with Crippen LogP contribution in [0, 0.1) is 0 Å². The Labute approximate surface area is 325 Å². The van der Waals surface area contributed by atoms with E-state index in [4.69, 9.17) is 9.47 Å². The second-order valence-electron chi connectivity index (χ2n) is 12.4. The van der Waals surface area contributed by atoms with Gasteiger partial charge in [-0.2, -0.15) is 0 Å². The molecule has 56 heavy (non-hydrogen) atoms. The van der Waals surface area contributed by atoms with E-state index in [0.717, 1.165) is 0 Å². The first-order chi connectivity index (χ1) is 26.4. The van der Waals surface area contributed by atoms with Crippen molar-refractivity contribution < 1.29 is 76.4 Å². The van der Waals surface area contributed by atoms with Crippen molar-refractivity contribution in [3.63, 3.8) is 0 Å². The molecule has 0 fully saturated rings. The van der Waals surface area contributed by atoms with Crippen molar-refractivity contribution in [3.8, 4) is 0 Å². The van der Waals surface area contributed by atoms with Crippen LogP contribution >= 0.6 is 0 Å². The predicted octanol–water partition coefficient (Wildman–Crippen LogP) is -1.87. The van der Waals surface area contributed by atoms with Gasteiger partial charge in [0.15, 0.2) is 0 Å². The lowest BCUT2D eigenvalue weighted by Crippen LogP contribution is -2.44. The van der Waals surface area contributed by atoms with Gasteiger partial charge in [-0.1, -0.05) is 13.8 Å². The molecule has 0 bridgehead atoms. The van der Waals surface area contributed by atoms with Gasteiger partial charge in [0.05, 0.1) is 25.6 Å². The number of nitrogens with one attached hydrogen (secondary N) is 6. The first-order valence-corrected chi connectivity index (χ1v) is 19.8. The lowest BCUT2D eigenvalue weighted by Gasteiger charge is -2.17. The molecule has 3 unspecified atom stereocenters. The number of sulfonamides is 1. The molecule has 0 aromatic rings. The van der Waals surface area contributed by atoms with E-state index < -0.39 is 101 Å². The fourth-order valence-electron chi connectivity index (χ4n) is 4.58. The summed E-state index contributed by atoms with van der Waals surface area (Å²) >= 11 is 0. The first-order valence-electron chi connectivity index (χ1n) is 18.2. The lowest BCUT2D eigenvalue weighted by molar-refractivity contribution is -0.143. The van der Waals surface area contributed by atoms with E-state index in [0.29, 0.717) is 32.2 Å². The Morgan fingerprint density at radius 2 is 1.05 bits per heavy atom. The highest BCUT2D eigenvalue weighted by Gasteiger charge is 2.25. The van der Waals surface area contributed by atoms with Crippen molar-refractivity contribution in [1.82, 2.24) is 31.3 Å². The summed E-state index contributed by atoms with van der Waals surface area (Å²) in [5.74, 6) is -8.32. The molecule has 22 nitrogen and oxygen atoms in total. The molecule has 0 spiro atoms. The van der Waals surface area contributed by atoms with Gasteiger partial charge in [-0.3, -0.25) is 33.5 Å². The Hall–Kier alpha value is -4.90. The van der Waals surface area contributed by atoms with E-state index in [9.17, 15) is 66.9 Å². The van der Waals surface area contributed by atoms with Crippen LogP contribution in [0.25, 0.3) is 0 Å². The molecule has 0 radical (unpaired) electrons. The molecule has 0 aromatic carbocycles. The van der Waals surface area contributed by atoms with Crippen molar-refractivity contribution in [2.24, 2.45) is 0 Å². The average Bonchev–Trinajstić information content (AvgIpc) is 3.11. The summed E-state index contributed by atoms with van der Waals surface area (Å²) in [6.07, 6.45) is -0.124. The number of ether oxygens (including phenoxy) is 2. The molecular formula is C33H56N6O16S. The topological polar surface area (TPSA) is 339 Å². The largest absolute Gasteiger partial charge is 0.480 e. The van der Waals surface area contributed by atoms with Crippen molar-refractivity contribution in [3.05, 3.63) is 0 Å². The molecule has 9 N–H and O–H groups in total. The average molecular weight is 825 g/mol. The molecule has 0 aliphatic rings. The minimum absolute atomic E-state index is 0.00597. The van der Waals surface area contributed by atoms with Crippen LogP contribution in [-0.4, -0.2) is 140 Å². The highest BCUT2D eigenvalue weighted by molar-refractivity contribution is 7.90. The quantitative estimate of drug-likeness (QED) is 0.0327. The minimum Gasteiger partial charge on any atom is -0.480 e. The number of aliphatic carboxylic acids is 3. The third-order valence-electron chi connectivity index (χ3n) is 7.52. The fraction of sp³-hybridized carbons (Fsp3) is 0.727. The number of carboxylic acids is 3. The van der Waals surface area contributed by atoms with Crippen molar-refractivity contribution in [1.29, 1.82) is 0 Å². The van der Waals surface area contributed by atoms with E-state index in [1.807, 2.05) is 4.72 Å². The summed E-state index contributed by atoms with van der Waals surface area (Å²) in [4.78, 5) is 106. The molecule has 6 amide bonds. The van der Waals surface area contributed by atoms with Gasteiger partial charge >= 0.3 is 17.9 Å². The maximum absolute atomic E-state index is 12.4. The zero-order chi connectivity index (χ0) is 42.5. The van der Waals surface area contributed by atoms with Crippen LogP contribution in [0.15, 0.2) is 0 Å². The zero-order valence-electron chi connectivity index (χ0n) is 31.7. The molecule has 23 heteroatoms. The molecule has 0 aromatic heterocycles. The van der Waals surface area contributed by atoms with Crippen molar-refractivity contribution in [2.45, 2.75) is 109 Å². The maximum atomic E-state index is 12.4. The Morgan fingerprint density at radius 1 is 0.536 bits per heavy atom. The molecule has 0 saturated heterocycles. The van der Waals surface area contributed by atoms with Gasteiger partial charge < -0.3 is 51.4 Å². The standard InChI is InChI=1S/C33H56N6O16S/c1-3-8-29(44)39-56(52,53)20-7-10-27(42)36-24(33(50)51)12-14-28(43)37-23(32(48)49)11-13-26(41)35-16-17-54-18-19-55-21-30(45)38-22(31(46)47)9-5-6-15-34-25(40)4-2/h22-24H,3-21H2,1-2H3,(H,34,40)(H,35,41)(H,36,42)(H,37,43)(H,38,45)(H,39,44)(H,46,47)(H,48,49)(H,50,51). The predicted molar refractivity (Wildman–Crippen MR) is 195 cm³/mol. The van der Waals surface area contributed by atoms with E-state index in [-0.39, 0.29) is 70.8 Å². The number of carboxylic acid groups (broad SMARTS) is 3. The monoisotopic (exact) mass is 824 g/mol. The maximum Gasteiger partial charge on any atom is 0.326 e. The highest BCUT2D eigenvalue weighted by Crippen LogP contribution is 2.05. The number of carbonyl (C=O) groups is 9. The summed E-state index contributed by atoms with van der Waals surface area (Å²) in [6.45, 7) is 3.51. The summed E-state index contributed by atoms with van der Waals surface area (Å²) < 4.78 is 36.2. The zero-order valence-corrected chi connectivity index (χ0v) is 32.5. The normalized spacial score (nSPS) is 12.6. The highest BCUT2D eigenvalue weighted by atomic mass is 32.2. The first kappa shape index (κ1) is 51.1. The fourth-order valence-corrected chi connectivity index (χ4v) is 5.65. The van der Waals surface area contributed by atoms with Crippen molar-refractivity contribution >= 4 is 63.4 Å². The summed E-state index contributed by atoms with van der Waals surface area (Å²) in [6, 6.07) is -4.13. The Kier molecular flexibility index (Phi) is 26.8. The second kappa shape index (κ2) is 29.4. The van der Waals surface area contributed by atoms with Crippen LogP contribution in [0.3, 0.4) is 0 Å². The van der Waals surface area contributed by atoms with Gasteiger partial charge in [-0.05, 0) is 44.9 Å². The third-order valence-corrected chi connectivity index (χ3v) is 8.88. The van der Waals surface area contributed by atoms with Gasteiger partial charge in [0.2, 0.25) is 45.5 Å². The molecule has 0 aliphatic heterocycles. The molecule has 0 aliphatic carbocycles. The van der Waals surface area contributed by atoms with Crippen LogP contribution in [0.5, 0.6) is 0 Å². The number of carbonyl (C=O) groups excluding carboxylic acids is 6. The second-order valence-corrected chi connectivity index (χ2v) is 14.2. The van der Waals surface area contributed by atoms with Crippen LogP contribution in [-0.2, 0) is 62.6 Å². The van der Waals surface area contributed by atoms with Crippen LogP contribution in [0.4, 0.5) is 0 Å². The Bertz CT molecular complexity index is 1430. The third kappa shape index (κ3) is 26.8. The number of hydrogen-bond donors (Lipinski definition) is 9. The minimum atomic E-state index is -3.98. The number of rotatable bonds is 33. The Morgan fingerprint density at radius 3 is 1.62 bits per heavy atom. The summed E-state index contributed by atoms with van der Waals surface area (Å²) in [5.41, 5.74) is 0. The van der Waals surface area contributed by atoms with Gasteiger partial charge in [0.25, 0.3) is 0 Å². The SMILES string of the molecule is CCCC(=O)NS(=O)(=O)CCCC(=O)NC(CCC(=O)NC(CCC(=O)NCCOCCOCC(=O)NC(CCCCNC(=O)CC)C(=O)O)C(=O)O)C(=O)O. The van der Waals surface area contributed by atoms with Gasteiger partial charge in [0, 0.05) is 45.2 Å². The summed E-state index contributed by atoms with van der Waals surface area (Å²) in [7, 11) is -3.98. The van der Waals surface area contributed by atoms with Gasteiger partial charge in [-0.15, -0.1) is 0 Å². The smallest absolute Gasteiger partial charge is 0.326 e. The molecular weight excluding hydrogens is 768 g/mol. The molecule has 0 rings (SSSR count). The van der Waals surface area contributed by atoms with E-state index >= 15 is 0 Å². The van der Waals surface area contributed by atoms with Crippen molar-refractivity contribution in [2.75, 3.05) is 45.3 Å². The molecule has 3 atom stereocenters. The summed E-state index contributed by atoms with van der Waals surface area (Å²) in [5, 5.41) is 40.1. The lowest BCUT2D eigenvalue weighted by atomic mass is 10.1. The van der Waals surface area contributed by atoms with Gasteiger partial charge in [-0.25, -0.2) is 22.8 Å². The van der Waals surface area contributed by atoms with Crippen LogP contribution < -0.4 is 31.3 Å². The Balaban J connectivity index is 4.35. The van der Waals surface area contributed by atoms with Gasteiger partial charge in [0.1, 0.15) is 24.7 Å². The molecule has 320 valence electrons. The number of amides is 6. The van der Waals surface area contributed by atoms with Crippen LogP contribution in [0.2, 0.25) is 0 Å². The van der Waals surface area contributed by atoms with Crippen LogP contribution in [0.1, 0.15) is 90.9 Å². The number of unbranched alkanes of at least 4 members (excludes halogenated alkanes) is 1. The molecule has 0 saturated carbocycles.